The molecule has 6 heteroatoms. The number of allylic oxidation sites excluding steroid dienone is 4. The van der Waals surface area contributed by atoms with Gasteiger partial charge in [0.2, 0.25) is 11.8 Å². The van der Waals surface area contributed by atoms with Crippen molar-refractivity contribution < 1.29 is 24.3 Å². The van der Waals surface area contributed by atoms with Gasteiger partial charge >= 0.3 is 0 Å². The maximum absolute atomic E-state index is 14.9. The fourth-order valence-electron chi connectivity index (χ4n) is 8.46. The van der Waals surface area contributed by atoms with Crippen molar-refractivity contribution in [3.63, 3.8) is 0 Å². The van der Waals surface area contributed by atoms with E-state index >= 15 is 0 Å². The van der Waals surface area contributed by atoms with Crippen molar-refractivity contribution in [2.24, 2.45) is 23.7 Å². The smallest absolute Gasteiger partial charge is 0.233 e. The highest BCUT2D eigenvalue weighted by Crippen LogP contribution is 2.63. The molecule has 4 aliphatic rings. The average Bonchev–Trinajstić information content (AvgIpc) is 3.27. The molecule has 0 unspecified atom stereocenters. The summed E-state index contributed by atoms with van der Waals surface area (Å²) in [6.07, 6.45) is 4.92. The highest BCUT2D eigenvalue weighted by Gasteiger charge is 2.65. The number of aromatic hydroxyl groups is 1. The molecule has 0 bridgehead atoms. The Labute approximate surface area is 250 Å². The lowest BCUT2D eigenvalue weighted by molar-refractivity contribution is -0.140. The number of phenols is 1. The van der Waals surface area contributed by atoms with Gasteiger partial charge in [0.1, 0.15) is 5.75 Å². The van der Waals surface area contributed by atoms with E-state index in [1.807, 2.05) is 73.7 Å². The molecule has 3 aromatic rings. The molecule has 1 N–H and O–H groups in total. The molecule has 3 aliphatic carbocycles. The summed E-state index contributed by atoms with van der Waals surface area (Å²) >= 11 is 0. The zero-order chi connectivity index (χ0) is 29.9. The Morgan fingerprint density at radius 3 is 2.28 bits per heavy atom. The van der Waals surface area contributed by atoms with Crippen molar-refractivity contribution in [3.8, 4) is 5.75 Å². The van der Waals surface area contributed by atoms with Gasteiger partial charge in [-0.2, -0.15) is 0 Å². The molecule has 2 fully saturated rings. The zero-order valence-electron chi connectivity index (χ0n) is 24.0. The van der Waals surface area contributed by atoms with E-state index < -0.39 is 35.0 Å². The van der Waals surface area contributed by atoms with Crippen molar-refractivity contribution in [1.82, 2.24) is 4.90 Å². The number of amides is 2. The van der Waals surface area contributed by atoms with Gasteiger partial charge in [-0.3, -0.25) is 24.1 Å². The van der Waals surface area contributed by atoms with E-state index in [9.17, 15) is 24.3 Å². The number of rotatable bonds is 5. The van der Waals surface area contributed by atoms with Crippen LogP contribution in [-0.2, 0) is 24.6 Å². The molecule has 1 saturated heterocycles. The number of ketones is 2. The van der Waals surface area contributed by atoms with Crippen LogP contribution in [0.1, 0.15) is 48.8 Å². The normalized spacial score (nSPS) is 29.9. The van der Waals surface area contributed by atoms with Crippen LogP contribution in [-0.4, -0.2) is 39.9 Å². The summed E-state index contributed by atoms with van der Waals surface area (Å²) in [6.45, 7) is 2.32. The molecule has 3 aromatic carbocycles. The van der Waals surface area contributed by atoms with E-state index in [-0.39, 0.29) is 35.6 Å². The van der Waals surface area contributed by atoms with Crippen LogP contribution in [0.5, 0.6) is 5.75 Å². The van der Waals surface area contributed by atoms with E-state index in [0.717, 1.165) is 11.1 Å². The average molecular weight is 572 g/mol. The Hall–Kier alpha value is -4.58. The molecule has 6 nitrogen and oxygen atoms in total. The first-order valence-electron chi connectivity index (χ1n) is 15.1. The van der Waals surface area contributed by atoms with Crippen molar-refractivity contribution in [3.05, 3.63) is 119 Å². The molecular formula is C37H33NO5. The van der Waals surface area contributed by atoms with E-state index in [1.165, 1.54) is 11.0 Å². The second-order valence-electron chi connectivity index (χ2n) is 12.2. The SMILES string of the molecule is CCCN1C(=O)[C@H]2[C@H](CC=C3[C@H]2C[C@H]2C(=O)C(c4ccccc4)=CC(=O)[C@@]2(c2ccccc2)[C@H]3c2cccc(O)c2)C1=O. The molecule has 216 valence electrons. The minimum absolute atomic E-state index is 0.0602. The number of phenolic OH excluding ortho intramolecular Hbond substituents is 1. The summed E-state index contributed by atoms with van der Waals surface area (Å²) < 4.78 is 0. The van der Waals surface area contributed by atoms with Crippen LogP contribution in [0.2, 0.25) is 0 Å². The van der Waals surface area contributed by atoms with Gasteiger partial charge in [0.25, 0.3) is 0 Å². The van der Waals surface area contributed by atoms with Crippen molar-refractivity contribution in [2.75, 3.05) is 6.54 Å². The summed E-state index contributed by atoms with van der Waals surface area (Å²) in [7, 11) is 0. The first-order valence-corrected chi connectivity index (χ1v) is 15.1. The number of fused-ring (bicyclic) bond motifs is 4. The maximum atomic E-state index is 14.9. The van der Waals surface area contributed by atoms with E-state index in [2.05, 4.69) is 6.08 Å². The quantitative estimate of drug-likeness (QED) is 0.317. The Balaban J connectivity index is 1.49. The van der Waals surface area contributed by atoms with Crippen LogP contribution in [0.4, 0.5) is 0 Å². The first kappa shape index (κ1) is 27.3. The summed E-state index contributed by atoms with van der Waals surface area (Å²) in [5.74, 6) is -3.40. The highest BCUT2D eigenvalue weighted by molar-refractivity contribution is 6.31. The Morgan fingerprint density at radius 1 is 0.860 bits per heavy atom. The summed E-state index contributed by atoms with van der Waals surface area (Å²) in [5.41, 5.74) is 2.12. The molecule has 2 amide bonds. The molecule has 0 aromatic heterocycles. The number of imide groups is 1. The topological polar surface area (TPSA) is 91.8 Å². The van der Waals surface area contributed by atoms with Gasteiger partial charge in [-0.05, 0) is 60.1 Å². The second-order valence-corrected chi connectivity index (χ2v) is 12.2. The lowest BCUT2D eigenvalue weighted by atomic mass is 9.44. The molecule has 7 rings (SSSR count). The minimum Gasteiger partial charge on any atom is -0.508 e. The van der Waals surface area contributed by atoms with E-state index in [4.69, 9.17) is 0 Å². The third-order valence-electron chi connectivity index (χ3n) is 10.1. The fourth-order valence-corrected chi connectivity index (χ4v) is 8.46. The number of benzene rings is 3. The van der Waals surface area contributed by atoms with Gasteiger partial charge in [0.05, 0.1) is 17.3 Å². The van der Waals surface area contributed by atoms with Gasteiger partial charge in [-0.1, -0.05) is 91.4 Å². The largest absolute Gasteiger partial charge is 0.508 e. The minimum atomic E-state index is -1.28. The zero-order valence-corrected chi connectivity index (χ0v) is 24.0. The van der Waals surface area contributed by atoms with Crippen molar-refractivity contribution in [2.45, 2.75) is 37.5 Å². The maximum Gasteiger partial charge on any atom is 0.233 e. The molecule has 1 heterocycles. The monoisotopic (exact) mass is 571 g/mol. The van der Waals surface area contributed by atoms with Crippen LogP contribution in [0.15, 0.2) is 103 Å². The molecular weight excluding hydrogens is 538 g/mol. The molecule has 0 radical (unpaired) electrons. The Morgan fingerprint density at radius 2 is 1.58 bits per heavy atom. The van der Waals surface area contributed by atoms with Gasteiger partial charge in [0, 0.05) is 24.0 Å². The van der Waals surface area contributed by atoms with Crippen molar-refractivity contribution in [1.29, 1.82) is 0 Å². The summed E-state index contributed by atoms with van der Waals surface area (Å²) in [5, 5.41) is 10.6. The first-order chi connectivity index (χ1) is 20.9. The van der Waals surface area contributed by atoms with E-state index in [1.54, 1.807) is 18.2 Å². The van der Waals surface area contributed by atoms with Crippen LogP contribution in [0.25, 0.3) is 5.57 Å². The third kappa shape index (κ3) is 3.92. The number of carbonyl (C=O) groups is 4. The molecule has 1 aliphatic heterocycles. The molecule has 0 spiro atoms. The number of carbonyl (C=O) groups excluding carboxylic acids is 4. The number of nitrogens with zero attached hydrogens (tertiary/aromatic N) is 1. The summed E-state index contributed by atoms with van der Waals surface area (Å²) in [6, 6.07) is 25.6. The van der Waals surface area contributed by atoms with Crippen molar-refractivity contribution >= 4 is 29.0 Å². The van der Waals surface area contributed by atoms with Crippen LogP contribution in [0, 0.1) is 23.7 Å². The third-order valence-corrected chi connectivity index (χ3v) is 10.1. The lowest BCUT2D eigenvalue weighted by Gasteiger charge is -2.55. The van der Waals surface area contributed by atoms with Crippen LogP contribution >= 0.6 is 0 Å². The Kier molecular flexibility index (Phi) is 6.53. The predicted octanol–water partition coefficient (Wildman–Crippen LogP) is 5.63. The number of hydrogen-bond acceptors (Lipinski definition) is 5. The van der Waals surface area contributed by atoms with Gasteiger partial charge in [0.15, 0.2) is 11.6 Å². The fraction of sp³-hybridized carbons (Fsp3) is 0.297. The summed E-state index contributed by atoms with van der Waals surface area (Å²) in [4.78, 5) is 58.4. The van der Waals surface area contributed by atoms with Crippen LogP contribution < -0.4 is 0 Å². The van der Waals surface area contributed by atoms with Gasteiger partial charge in [-0.25, -0.2) is 0 Å². The lowest BCUT2D eigenvalue weighted by Crippen LogP contribution is -2.58. The van der Waals surface area contributed by atoms with Crippen LogP contribution in [0.3, 0.4) is 0 Å². The second kappa shape index (κ2) is 10.3. The van der Waals surface area contributed by atoms with Gasteiger partial charge in [-0.15, -0.1) is 0 Å². The predicted molar refractivity (Wildman–Crippen MR) is 162 cm³/mol. The number of hydrogen-bond donors (Lipinski definition) is 1. The highest BCUT2D eigenvalue weighted by atomic mass is 16.3. The number of likely N-dealkylation sites (tertiary alicyclic amines) is 1. The Bertz CT molecular complexity index is 1710. The number of Topliss-reactive ketones (excluding diaryl/α,β-unsaturated/α-hetero) is 1. The van der Waals surface area contributed by atoms with Gasteiger partial charge < -0.3 is 5.11 Å². The standard InChI is InChI=1S/C37H33NO5/c1-2-18-38-35(42)27-17-16-26-29(32(27)36(38)43)20-30-34(41)28(22-10-5-3-6-11-22)21-31(40)37(30,24-13-7-4-8-14-24)33(26)23-12-9-15-25(39)19-23/h3-16,19,21,27,29-30,32-33,39H,2,17-18,20H2,1H3/t27-,29+,30-,32-,33-,37-/m0/s1. The molecule has 43 heavy (non-hydrogen) atoms. The molecule has 6 atom stereocenters. The van der Waals surface area contributed by atoms with E-state index in [0.29, 0.717) is 36.1 Å². The molecule has 1 saturated carbocycles.